The van der Waals surface area contributed by atoms with E-state index in [-0.39, 0.29) is 12.8 Å². The Labute approximate surface area is 117 Å². The van der Waals surface area contributed by atoms with Gasteiger partial charge in [0, 0.05) is 0 Å². The van der Waals surface area contributed by atoms with Crippen LogP contribution in [0, 0.1) is 0 Å². The molecule has 108 valence electrons. The molecular weight excluding hydrogens is 262 g/mol. The minimum Gasteiger partial charge on any atom is -0.469 e. The first-order valence-corrected chi connectivity index (χ1v) is 6.04. The van der Waals surface area contributed by atoms with Crippen molar-refractivity contribution in [1.82, 2.24) is 5.32 Å². The summed E-state index contributed by atoms with van der Waals surface area (Å²) >= 11 is 0. The first kappa shape index (κ1) is 15.7. The Kier molecular flexibility index (Phi) is 6.22. The number of methoxy groups -OCH3 is 2. The lowest BCUT2D eigenvalue weighted by molar-refractivity contribution is -0.144. The molecule has 1 aromatic carbocycles. The molecule has 1 aromatic rings. The molecule has 1 amide bonds. The van der Waals surface area contributed by atoms with Gasteiger partial charge in [0.15, 0.2) is 0 Å². The summed E-state index contributed by atoms with van der Waals surface area (Å²) in [7, 11) is 2.49. The Balaban J connectivity index is 2.75. The van der Waals surface area contributed by atoms with Gasteiger partial charge in [-0.2, -0.15) is 0 Å². The molecule has 0 aromatic heterocycles. The second-order valence-electron chi connectivity index (χ2n) is 4.06. The average Bonchev–Trinajstić information content (AvgIpc) is 2.47. The molecule has 0 radical (unpaired) electrons. The quantitative estimate of drug-likeness (QED) is 0.620. The molecule has 1 N–H and O–H groups in total. The standard InChI is InChI=1S/C14H17NO5/c1-19-13(17)8-11(10-6-4-3-5-7-10)15-12(16)9-14(18)20-2/h3-7,11H,8-9H2,1-2H3,(H,15,16). The van der Waals surface area contributed by atoms with Crippen molar-refractivity contribution in [3.8, 4) is 0 Å². The Morgan fingerprint density at radius 2 is 1.65 bits per heavy atom. The van der Waals surface area contributed by atoms with Gasteiger partial charge < -0.3 is 14.8 Å². The van der Waals surface area contributed by atoms with Crippen molar-refractivity contribution in [3.05, 3.63) is 35.9 Å². The van der Waals surface area contributed by atoms with Crippen molar-refractivity contribution in [3.63, 3.8) is 0 Å². The van der Waals surface area contributed by atoms with Crippen LogP contribution in [0.1, 0.15) is 24.4 Å². The SMILES string of the molecule is COC(=O)CC(=O)NC(CC(=O)OC)c1ccccc1. The molecule has 1 unspecified atom stereocenters. The Hall–Kier alpha value is -2.37. The van der Waals surface area contributed by atoms with Gasteiger partial charge in [0.2, 0.25) is 5.91 Å². The van der Waals surface area contributed by atoms with E-state index in [1.165, 1.54) is 14.2 Å². The molecule has 0 spiro atoms. The van der Waals surface area contributed by atoms with Crippen molar-refractivity contribution in [2.45, 2.75) is 18.9 Å². The monoisotopic (exact) mass is 279 g/mol. The van der Waals surface area contributed by atoms with E-state index < -0.39 is 23.9 Å². The van der Waals surface area contributed by atoms with Gasteiger partial charge in [0.25, 0.3) is 0 Å². The van der Waals surface area contributed by atoms with Gasteiger partial charge in [0.1, 0.15) is 6.42 Å². The second kappa shape index (κ2) is 7.93. The highest BCUT2D eigenvalue weighted by molar-refractivity contribution is 5.94. The highest BCUT2D eigenvalue weighted by Crippen LogP contribution is 2.17. The van der Waals surface area contributed by atoms with Crippen LogP contribution in [0.2, 0.25) is 0 Å². The van der Waals surface area contributed by atoms with E-state index in [1.807, 2.05) is 6.07 Å². The van der Waals surface area contributed by atoms with Crippen LogP contribution in [0.15, 0.2) is 30.3 Å². The maximum absolute atomic E-state index is 11.7. The third-order valence-electron chi connectivity index (χ3n) is 2.67. The number of ether oxygens (including phenoxy) is 2. The molecule has 0 aliphatic carbocycles. The summed E-state index contributed by atoms with van der Waals surface area (Å²) in [6.45, 7) is 0. The van der Waals surface area contributed by atoms with Crippen molar-refractivity contribution in [2.24, 2.45) is 0 Å². The number of esters is 2. The number of amides is 1. The topological polar surface area (TPSA) is 81.7 Å². The predicted molar refractivity (Wildman–Crippen MR) is 70.6 cm³/mol. The van der Waals surface area contributed by atoms with Gasteiger partial charge in [-0.05, 0) is 5.56 Å². The summed E-state index contributed by atoms with van der Waals surface area (Å²) in [6.07, 6.45) is -0.394. The minimum absolute atomic E-state index is 0.00652. The smallest absolute Gasteiger partial charge is 0.315 e. The summed E-state index contributed by atoms with van der Waals surface area (Å²) in [6, 6.07) is 8.45. The molecule has 6 nitrogen and oxygen atoms in total. The van der Waals surface area contributed by atoms with Gasteiger partial charge in [-0.3, -0.25) is 14.4 Å². The van der Waals surface area contributed by atoms with E-state index in [4.69, 9.17) is 0 Å². The van der Waals surface area contributed by atoms with Crippen LogP contribution in [0.3, 0.4) is 0 Å². The molecule has 1 rings (SSSR count). The Bertz CT molecular complexity index is 472. The summed E-state index contributed by atoms with van der Waals surface area (Å²) in [5.74, 6) is -1.58. The number of nitrogens with one attached hydrogen (secondary N) is 1. The van der Waals surface area contributed by atoms with E-state index in [2.05, 4.69) is 14.8 Å². The third-order valence-corrected chi connectivity index (χ3v) is 2.67. The summed E-state index contributed by atoms with van der Waals surface area (Å²) in [4.78, 5) is 34.1. The Morgan fingerprint density at radius 3 is 2.20 bits per heavy atom. The maximum Gasteiger partial charge on any atom is 0.315 e. The van der Waals surface area contributed by atoms with Gasteiger partial charge in [-0.25, -0.2) is 0 Å². The van der Waals surface area contributed by atoms with Crippen molar-refractivity contribution < 1.29 is 23.9 Å². The molecule has 0 fully saturated rings. The van der Waals surface area contributed by atoms with Gasteiger partial charge in [-0.1, -0.05) is 30.3 Å². The largest absolute Gasteiger partial charge is 0.469 e. The predicted octanol–water partition coefficient (Wildman–Crippen LogP) is 0.970. The van der Waals surface area contributed by atoms with Crippen molar-refractivity contribution >= 4 is 17.8 Å². The number of hydrogen-bond acceptors (Lipinski definition) is 5. The fraction of sp³-hybridized carbons (Fsp3) is 0.357. The fourth-order valence-corrected chi connectivity index (χ4v) is 1.64. The number of carbonyl (C=O) groups excluding carboxylic acids is 3. The van der Waals surface area contributed by atoms with Gasteiger partial charge in [-0.15, -0.1) is 0 Å². The van der Waals surface area contributed by atoms with Crippen LogP contribution < -0.4 is 5.32 Å². The first-order valence-electron chi connectivity index (χ1n) is 6.04. The van der Waals surface area contributed by atoms with Crippen LogP contribution in [0.4, 0.5) is 0 Å². The normalized spacial score (nSPS) is 11.3. The van der Waals surface area contributed by atoms with Crippen molar-refractivity contribution in [1.29, 1.82) is 0 Å². The van der Waals surface area contributed by atoms with E-state index in [0.717, 1.165) is 5.56 Å². The lowest BCUT2D eigenvalue weighted by Crippen LogP contribution is -2.32. The molecular formula is C14H17NO5. The number of benzene rings is 1. The average molecular weight is 279 g/mol. The third kappa shape index (κ3) is 5.09. The van der Waals surface area contributed by atoms with E-state index in [1.54, 1.807) is 24.3 Å². The molecule has 0 saturated carbocycles. The van der Waals surface area contributed by atoms with Gasteiger partial charge in [0.05, 0.1) is 26.7 Å². The molecule has 6 heteroatoms. The molecule has 0 aliphatic rings. The molecule has 0 heterocycles. The Morgan fingerprint density at radius 1 is 1.05 bits per heavy atom. The zero-order valence-electron chi connectivity index (χ0n) is 11.4. The van der Waals surface area contributed by atoms with E-state index in [9.17, 15) is 14.4 Å². The lowest BCUT2D eigenvalue weighted by atomic mass is 10.0. The lowest BCUT2D eigenvalue weighted by Gasteiger charge is -2.17. The van der Waals surface area contributed by atoms with Gasteiger partial charge >= 0.3 is 11.9 Å². The molecule has 0 saturated heterocycles. The maximum atomic E-state index is 11.7. The summed E-state index contributed by atoms with van der Waals surface area (Å²) in [5.41, 5.74) is 0.760. The summed E-state index contributed by atoms with van der Waals surface area (Å²) < 4.78 is 9.02. The van der Waals surface area contributed by atoms with Crippen LogP contribution in [-0.4, -0.2) is 32.1 Å². The van der Waals surface area contributed by atoms with E-state index >= 15 is 0 Å². The molecule has 0 bridgehead atoms. The summed E-state index contributed by atoms with van der Waals surface area (Å²) in [5, 5.41) is 2.62. The molecule has 1 atom stereocenters. The van der Waals surface area contributed by atoms with E-state index in [0.29, 0.717) is 0 Å². The molecule has 20 heavy (non-hydrogen) atoms. The number of carbonyl (C=O) groups is 3. The zero-order valence-corrected chi connectivity index (χ0v) is 11.4. The molecule has 0 aliphatic heterocycles. The highest BCUT2D eigenvalue weighted by Gasteiger charge is 2.20. The van der Waals surface area contributed by atoms with Crippen LogP contribution in [-0.2, 0) is 23.9 Å². The fourth-order valence-electron chi connectivity index (χ4n) is 1.64. The first-order chi connectivity index (χ1) is 9.56. The number of rotatable bonds is 6. The van der Waals surface area contributed by atoms with Crippen LogP contribution >= 0.6 is 0 Å². The zero-order chi connectivity index (χ0) is 15.0. The van der Waals surface area contributed by atoms with Crippen LogP contribution in [0.5, 0.6) is 0 Å². The minimum atomic E-state index is -0.632. The van der Waals surface area contributed by atoms with Crippen LogP contribution in [0.25, 0.3) is 0 Å². The van der Waals surface area contributed by atoms with Crippen molar-refractivity contribution in [2.75, 3.05) is 14.2 Å². The number of hydrogen-bond donors (Lipinski definition) is 1. The second-order valence-corrected chi connectivity index (χ2v) is 4.06. The highest BCUT2D eigenvalue weighted by atomic mass is 16.5.